The fraction of sp³-hybridized carbons (Fsp3) is 0.600. The summed E-state index contributed by atoms with van der Waals surface area (Å²) in [5, 5.41) is 8.71. The Hall–Kier alpha value is -1.64. The molecule has 0 amide bonds. The van der Waals surface area contributed by atoms with Crippen molar-refractivity contribution in [3.8, 4) is 0 Å². The topological polar surface area (TPSA) is 49.7 Å². The Labute approximate surface area is 142 Å². The molecule has 0 unspecified atom stereocenters. The number of allylic oxidation sites excluding steroid dienone is 6. The quantitative estimate of drug-likeness (QED) is 0.420. The zero-order chi connectivity index (χ0) is 18.3. The zero-order valence-corrected chi connectivity index (χ0v) is 16.0. The van der Waals surface area contributed by atoms with Gasteiger partial charge in [-0.15, -0.1) is 0 Å². The zero-order valence-electron chi connectivity index (χ0n) is 16.0. The summed E-state index contributed by atoms with van der Waals surface area (Å²) in [5.74, 6) is -0.896. The van der Waals surface area contributed by atoms with Crippen LogP contribution in [0.1, 0.15) is 74.1 Å². The van der Waals surface area contributed by atoms with Gasteiger partial charge in [0.25, 0.3) is 0 Å². The minimum absolute atomic E-state index is 0.675. The SMILES string of the molecule is CC.CC(C)=CCC/C(C)=C/CC/C(C)=C/C=N[C@@H](C)C(=O)O. The predicted molar refractivity (Wildman–Crippen MR) is 102 cm³/mol. The summed E-state index contributed by atoms with van der Waals surface area (Å²) >= 11 is 0. The summed E-state index contributed by atoms with van der Waals surface area (Å²) in [5.41, 5.74) is 4.01. The lowest BCUT2D eigenvalue weighted by molar-refractivity contribution is -0.137. The molecule has 3 heteroatoms. The molecule has 3 nitrogen and oxygen atoms in total. The smallest absolute Gasteiger partial charge is 0.328 e. The number of carboxylic acids is 1. The molecule has 0 fully saturated rings. The molecule has 0 aliphatic carbocycles. The first kappa shape index (κ1) is 23.6. The van der Waals surface area contributed by atoms with Gasteiger partial charge in [-0.05, 0) is 66.4 Å². The molecule has 1 atom stereocenters. The summed E-state index contributed by atoms with van der Waals surface area (Å²) in [6, 6.07) is -0.675. The van der Waals surface area contributed by atoms with Gasteiger partial charge >= 0.3 is 5.97 Å². The van der Waals surface area contributed by atoms with E-state index in [0.717, 1.165) is 25.7 Å². The highest BCUT2D eigenvalue weighted by Gasteiger charge is 2.05. The lowest BCUT2D eigenvalue weighted by Gasteiger charge is -2.01. The van der Waals surface area contributed by atoms with E-state index in [2.05, 4.69) is 37.9 Å². The van der Waals surface area contributed by atoms with Crippen LogP contribution in [0.4, 0.5) is 0 Å². The van der Waals surface area contributed by atoms with Crippen molar-refractivity contribution in [1.29, 1.82) is 0 Å². The van der Waals surface area contributed by atoms with Crippen molar-refractivity contribution < 1.29 is 9.90 Å². The van der Waals surface area contributed by atoms with E-state index >= 15 is 0 Å². The van der Waals surface area contributed by atoms with E-state index in [9.17, 15) is 4.79 Å². The molecule has 0 spiro atoms. The van der Waals surface area contributed by atoms with Gasteiger partial charge in [0.05, 0.1) is 0 Å². The Kier molecular flexibility index (Phi) is 15.7. The van der Waals surface area contributed by atoms with E-state index in [0.29, 0.717) is 0 Å². The maximum Gasteiger partial charge on any atom is 0.328 e. The molecular weight excluding hydrogens is 286 g/mol. The van der Waals surface area contributed by atoms with Crippen molar-refractivity contribution in [3.05, 3.63) is 34.9 Å². The number of nitrogens with zero attached hydrogens (tertiary/aromatic N) is 1. The molecule has 132 valence electrons. The first-order chi connectivity index (χ1) is 10.8. The average Bonchev–Trinajstić information content (AvgIpc) is 2.48. The van der Waals surface area contributed by atoms with Crippen LogP contribution in [-0.4, -0.2) is 23.3 Å². The normalized spacial score (nSPS) is 13.3. The minimum Gasteiger partial charge on any atom is -0.480 e. The third-order valence-corrected chi connectivity index (χ3v) is 3.15. The Bertz CT molecular complexity index is 439. The summed E-state index contributed by atoms with van der Waals surface area (Å²) in [6.07, 6.45) is 12.3. The van der Waals surface area contributed by atoms with Crippen LogP contribution in [0.2, 0.25) is 0 Å². The van der Waals surface area contributed by atoms with Crippen LogP contribution in [-0.2, 0) is 4.79 Å². The second kappa shape index (κ2) is 15.3. The lowest BCUT2D eigenvalue weighted by Crippen LogP contribution is -2.12. The van der Waals surface area contributed by atoms with Crippen LogP contribution in [0.5, 0.6) is 0 Å². The summed E-state index contributed by atoms with van der Waals surface area (Å²) in [6.45, 7) is 14.0. The third kappa shape index (κ3) is 16.6. The van der Waals surface area contributed by atoms with E-state index < -0.39 is 12.0 Å². The van der Waals surface area contributed by atoms with Gasteiger partial charge in [-0.3, -0.25) is 4.99 Å². The molecule has 0 saturated heterocycles. The van der Waals surface area contributed by atoms with Gasteiger partial charge in [0, 0.05) is 6.21 Å². The number of carboxylic acid groups (broad SMARTS) is 1. The Morgan fingerprint density at radius 3 is 2.04 bits per heavy atom. The highest BCUT2D eigenvalue weighted by Crippen LogP contribution is 2.11. The minimum atomic E-state index is -0.896. The van der Waals surface area contributed by atoms with Crippen molar-refractivity contribution in [2.24, 2.45) is 4.99 Å². The fourth-order valence-electron chi connectivity index (χ4n) is 1.68. The van der Waals surface area contributed by atoms with Crippen LogP contribution in [0.3, 0.4) is 0 Å². The highest BCUT2D eigenvalue weighted by molar-refractivity contribution is 5.79. The molecule has 0 aliphatic rings. The fourth-order valence-corrected chi connectivity index (χ4v) is 1.68. The lowest BCUT2D eigenvalue weighted by atomic mass is 10.1. The van der Waals surface area contributed by atoms with E-state index in [-0.39, 0.29) is 0 Å². The second-order valence-corrected chi connectivity index (χ2v) is 5.73. The number of hydrogen-bond donors (Lipinski definition) is 1. The average molecular weight is 322 g/mol. The molecule has 0 bridgehead atoms. The molecule has 0 aromatic heterocycles. The summed E-state index contributed by atoms with van der Waals surface area (Å²) in [7, 11) is 0. The van der Waals surface area contributed by atoms with Gasteiger partial charge in [0.2, 0.25) is 0 Å². The largest absolute Gasteiger partial charge is 0.480 e. The summed E-state index contributed by atoms with van der Waals surface area (Å²) < 4.78 is 0. The third-order valence-electron chi connectivity index (χ3n) is 3.15. The molecule has 0 aromatic carbocycles. The maximum atomic E-state index is 10.6. The van der Waals surface area contributed by atoms with Crippen LogP contribution in [0, 0.1) is 0 Å². The predicted octanol–water partition coefficient (Wildman–Crippen LogP) is 5.98. The first-order valence-electron chi connectivity index (χ1n) is 8.53. The Morgan fingerprint density at radius 1 is 1.00 bits per heavy atom. The molecule has 1 N–H and O–H groups in total. The molecule has 0 radical (unpaired) electrons. The monoisotopic (exact) mass is 321 g/mol. The van der Waals surface area contributed by atoms with Crippen LogP contribution in [0.25, 0.3) is 0 Å². The molecule has 0 saturated carbocycles. The number of aliphatic carboxylic acids is 1. The number of hydrogen-bond acceptors (Lipinski definition) is 2. The molecule has 0 aromatic rings. The standard InChI is InChI=1S/C18H29NO2.C2H6/c1-14(2)8-6-9-15(3)10-7-11-16(4)12-13-19-17(5)18(20)21;1-2/h8,10,12-13,17H,6-7,9,11H2,1-5H3,(H,20,21);1-2H3/b15-10+,16-12+,19-13?;/t17-;/m0./s1. The summed E-state index contributed by atoms with van der Waals surface area (Å²) in [4.78, 5) is 14.5. The first-order valence-corrected chi connectivity index (χ1v) is 8.53. The van der Waals surface area contributed by atoms with Crippen molar-refractivity contribution in [2.45, 2.75) is 80.2 Å². The van der Waals surface area contributed by atoms with Gasteiger partial charge in [0.15, 0.2) is 0 Å². The second-order valence-electron chi connectivity index (χ2n) is 5.73. The van der Waals surface area contributed by atoms with Crippen LogP contribution in [0.15, 0.2) is 39.9 Å². The number of rotatable bonds is 9. The molecule has 0 aliphatic heterocycles. The van der Waals surface area contributed by atoms with Gasteiger partial charge in [-0.1, -0.05) is 42.7 Å². The van der Waals surface area contributed by atoms with Gasteiger partial charge in [0.1, 0.15) is 6.04 Å². The van der Waals surface area contributed by atoms with E-state index in [1.807, 2.05) is 26.8 Å². The van der Waals surface area contributed by atoms with Crippen molar-refractivity contribution >= 4 is 12.2 Å². The van der Waals surface area contributed by atoms with Gasteiger partial charge in [-0.2, -0.15) is 0 Å². The van der Waals surface area contributed by atoms with E-state index in [4.69, 9.17) is 5.11 Å². The van der Waals surface area contributed by atoms with Gasteiger partial charge in [-0.25, -0.2) is 4.79 Å². The maximum absolute atomic E-state index is 10.6. The van der Waals surface area contributed by atoms with Crippen molar-refractivity contribution in [3.63, 3.8) is 0 Å². The molecule has 23 heavy (non-hydrogen) atoms. The van der Waals surface area contributed by atoms with Gasteiger partial charge < -0.3 is 5.11 Å². The highest BCUT2D eigenvalue weighted by atomic mass is 16.4. The van der Waals surface area contributed by atoms with E-state index in [1.54, 1.807) is 13.1 Å². The Balaban J connectivity index is 0. The van der Waals surface area contributed by atoms with Crippen molar-refractivity contribution in [2.75, 3.05) is 0 Å². The van der Waals surface area contributed by atoms with Crippen molar-refractivity contribution in [1.82, 2.24) is 0 Å². The van der Waals surface area contributed by atoms with E-state index in [1.165, 1.54) is 16.7 Å². The number of carbonyl (C=O) groups is 1. The Morgan fingerprint density at radius 2 is 1.52 bits per heavy atom. The number of aliphatic imine (C=N–C) groups is 1. The molecular formula is C20H35NO2. The van der Waals surface area contributed by atoms with Crippen LogP contribution >= 0.6 is 0 Å². The molecule has 0 heterocycles. The molecule has 0 rings (SSSR count). The van der Waals surface area contributed by atoms with Crippen LogP contribution < -0.4 is 0 Å².